The highest BCUT2D eigenvalue weighted by Gasteiger charge is 2.23. The van der Waals surface area contributed by atoms with Gasteiger partial charge in [0.15, 0.2) is 0 Å². The number of nitrogen functional groups attached to an aromatic ring is 1. The molecule has 110 valence electrons. The molecule has 20 heavy (non-hydrogen) atoms. The Morgan fingerprint density at radius 2 is 2.00 bits per heavy atom. The van der Waals surface area contributed by atoms with Crippen molar-refractivity contribution in [3.8, 4) is 0 Å². The van der Waals surface area contributed by atoms with E-state index in [1.807, 2.05) is 4.90 Å². The summed E-state index contributed by atoms with van der Waals surface area (Å²) in [6.07, 6.45) is 3.31. The quantitative estimate of drug-likeness (QED) is 0.899. The lowest BCUT2D eigenvalue weighted by molar-refractivity contribution is -0.132. The second-order valence-corrected chi connectivity index (χ2v) is 5.75. The number of carbonyl (C=O) groups is 1. The van der Waals surface area contributed by atoms with Gasteiger partial charge in [0.25, 0.3) is 0 Å². The predicted octanol–water partition coefficient (Wildman–Crippen LogP) is 2.78. The molecule has 1 unspecified atom stereocenters. The summed E-state index contributed by atoms with van der Waals surface area (Å²) in [6, 6.07) is 1.12. The molecule has 2 rings (SSSR count). The number of anilines is 2. The molecule has 1 saturated heterocycles. The standard InChI is InChI=1S/C13H18Cl2N4O/c1-8(13(20)19-5-3-2-4-6-19)17-12-10(15)7-9(14)11(16)18-12/h7-8H,2-6H2,1H3,(H3,16,17,18). The van der Waals surface area contributed by atoms with Crippen molar-refractivity contribution in [1.29, 1.82) is 0 Å². The molecular formula is C13H18Cl2N4O. The third kappa shape index (κ3) is 3.46. The number of nitrogens with zero attached hydrogens (tertiary/aromatic N) is 2. The summed E-state index contributed by atoms with van der Waals surface area (Å²) in [6.45, 7) is 3.42. The van der Waals surface area contributed by atoms with Crippen LogP contribution in [0.5, 0.6) is 0 Å². The molecule has 1 fully saturated rings. The van der Waals surface area contributed by atoms with E-state index in [-0.39, 0.29) is 11.7 Å². The molecule has 2 heterocycles. The van der Waals surface area contributed by atoms with Crippen LogP contribution in [0.2, 0.25) is 10.0 Å². The number of hydrogen-bond donors (Lipinski definition) is 2. The van der Waals surface area contributed by atoms with Crippen LogP contribution < -0.4 is 11.1 Å². The van der Waals surface area contributed by atoms with Gasteiger partial charge >= 0.3 is 0 Å². The van der Waals surface area contributed by atoms with Crippen LogP contribution in [0.15, 0.2) is 6.07 Å². The van der Waals surface area contributed by atoms with Crippen LogP contribution in [-0.4, -0.2) is 34.9 Å². The minimum Gasteiger partial charge on any atom is -0.382 e. The maximum Gasteiger partial charge on any atom is 0.244 e. The Morgan fingerprint density at radius 3 is 2.65 bits per heavy atom. The number of amides is 1. The average Bonchev–Trinajstić information content (AvgIpc) is 2.44. The molecule has 0 aromatic carbocycles. The van der Waals surface area contributed by atoms with Gasteiger partial charge in [-0.2, -0.15) is 0 Å². The van der Waals surface area contributed by atoms with E-state index in [1.54, 1.807) is 6.92 Å². The average molecular weight is 317 g/mol. The minimum atomic E-state index is -0.404. The van der Waals surface area contributed by atoms with Crippen LogP contribution in [0.25, 0.3) is 0 Å². The number of aromatic nitrogens is 1. The topological polar surface area (TPSA) is 71.2 Å². The Morgan fingerprint density at radius 1 is 1.35 bits per heavy atom. The zero-order chi connectivity index (χ0) is 14.7. The number of nitrogens with two attached hydrogens (primary N) is 1. The molecule has 0 aliphatic carbocycles. The first-order valence-corrected chi connectivity index (χ1v) is 7.41. The molecule has 1 aromatic heterocycles. The van der Waals surface area contributed by atoms with Crippen molar-refractivity contribution < 1.29 is 4.79 Å². The third-order valence-corrected chi connectivity index (χ3v) is 3.94. The number of nitrogens with one attached hydrogen (secondary N) is 1. The number of halogens is 2. The summed E-state index contributed by atoms with van der Waals surface area (Å²) in [7, 11) is 0. The van der Waals surface area contributed by atoms with E-state index in [0.29, 0.717) is 15.9 Å². The van der Waals surface area contributed by atoms with Crippen molar-refractivity contribution >= 4 is 40.7 Å². The maximum absolute atomic E-state index is 12.3. The monoisotopic (exact) mass is 316 g/mol. The van der Waals surface area contributed by atoms with Gasteiger partial charge in [0, 0.05) is 13.1 Å². The highest BCUT2D eigenvalue weighted by atomic mass is 35.5. The summed E-state index contributed by atoms with van der Waals surface area (Å²) in [5, 5.41) is 3.65. The van der Waals surface area contributed by atoms with Crippen LogP contribution in [-0.2, 0) is 4.79 Å². The van der Waals surface area contributed by atoms with Gasteiger partial charge in [-0.25, -0.2) is 4.98 Å². The molecule has 5 nitrogen and oxygen atoms in total. The molecule has 3 N–H and O–H groups in total. The number of rotatable bonds is 3. The first-order chi connectivity index (χ1) is 9.49. The van der Waals surface area contributed by atoms with Gasteiger partial charge in [-0.3, -0.25) is 4.79 Å². The predicted molar refractivity (Wildman–Crippen MR) is 82.2 cm³/mol. The molecule has 7 heteroatoms. The van der Waals surface area contributed by atoms with E-state index in [4.69, 9.17) is 28.9 Å². The second-order valence-electron chi connectivity index (χ2n) is 4.94. The van der Waals surface area contributed by atoms with E-state index < -0.39 is 6.04 Å². The minimum absolute atomic E-state index is 0.0519. The molecule has 0 spiro atoms. The summed E-state index contributed by atoms with van der Waals surface area (Å²) < 4.78 is 0. The first-order valence-electron chi connectivity index (χ1n) is 6.66. The summed E-state index contributed by atoms with van der Waals surface area (Å²) in [5.74, 6) is 0.624. The van der Waals surface area contributed by atoms with Crippen LogP contribution in [0.4, 0.5) is 11.6 Å². The Balaban J connectivity index is 2.05. The Bertz CT molecular complexity index is 503. The van der Waals surface area contributed by atoms with Crippen LogP contribution in [0, 0.1) is 0 Å². The van der Waals surface area contributed by atoms with E-state index in [9.17, 15) is 4.79 Å². The number of piperidine rings is 1. The lowest BCUT2D eigenvalue weighted by Crippen LogP contribution is -2.44. The number of hydrogen-bond acceptors (Lipinski definition) is 4. The van der Waals surface area contributed by atoms with Crippen LogP contribution >= 0.6 is 23.2 Å². The van der Waals surface area contributed by atoms with Crippen molar-refractivity contribution in [2.45, 2.75) is 32.2 Å². The molecule has 1 amide bonds. The van der Waals surface area contributed by atoms with Gasteiger partial charge < -0.3 is 16.0 Å². The first kappa shape index (κ1) is 15.2. The summed E-state index contributed by atoms with van der Waals surface area (Å²) in [4.78, 5) is 18.2. The number of carbonyl (C=O) groups excluding carboxylic acids is 1. The molecule has 0 bridgehead atoms. The zero-order valence-electron chi connectivity index (χ0n) is 11.3. The van der Waals surface area contributed by atoms with Gasteiger partial charge in [0.2, 0.25) is 5.91 Å². The fourth-order valence-corrected chi connectivity index (χ4v) is 2.65. The molecule has 1 atom stereocenters. The highest BCUT2D eigenvalue weighted by molar-refractivity contribution is 6.37. The van der Waals surface area contributed by atoms with Gasteiger partial charge in [0.1, 0.15) is 17.7 Å². The lowest BCUT2D eigenvalue weighted by Gasteiger charge is -2.29. The lowest BCUT2D eigenvalue weighted by atomic mass is 10.1. The zero-order valence-corrected chi connectivity index (χ0v) is 12.8. The van der Waals surface area contributed by atoms with Gasteiger partial charge in [-0.05, 0) is 32.3 Å². The Kier molecular flexibility index (Phi) is 4.94. The van der Waals surface area contributed by atoms with Crippen molar-refractivity contribution in [2.24, 2.45) is 0 Å². The largest absolute Gasteiger partial charge is 0.382 e. The number of likely N-dealkylation sites (tertiary alicyclic amines) is 1. The fraction of sp³-hybridized carbons (Fsp3) is 0.538. The third-order valence-electron chi connectivity index (χ3n) is 3.35. The Hall–Kier alpha value is -1.20. The van der Waals surface area contributed by atoms with E-state index in [0.717, 1.165) is 25.9 Å². The number of pyridine rings is 1. The normalized spacial score (nSPS) is 16.9. The molecule has 1 aromatic rings. The maximum atomic E-state index is 12.3. The van der Waals surface area contributed by atoms with Gasteiger partial charge in [-0.15, -0.1) is 0 Å². The van der Waals surface area contributed by atoms with Crippen LogP contribution in [0.3, 0.4) is 0 Å². The smallest absolute Gasteiger partial charge is 0.244 e. The fourth-order valence-electron chi connectivity index (χ4n) is 2.24. The van der Waals surface area contributed by atoms with Gasteiger partial charge in [-0.1, -0.05) is 23.2 Å². The Labute approximate surface area is 128 Å². The molecule has 0 saturated carbocycles. The summed E-state index contributed by atoms with van der Waals surface area (Å²) >= 11 is 11.9. The highest BCUT2D eigenvalue weighted by Crippen LogP contribution is 2.28. The van der Waals surface area contributed by atoms with E-state index >= 15 is 0 Å². The van der Waals surface area contributed by atoms with Gasteiger partial charge in [0.05, 0.1) is 10.0 Å². The molecule has 1 aliphatic heterocycles. The van der Waals surface area contributed by atoms with Crippen LogP contribution in [0.1, 0.15) is 26.2 Å². The second kappa shape index (κ2) is 6.50. The van der Waals surface area contributed by atoms with E-state index in [1.165, 1.54) is 12.5 Å². The van der Waals surface area contributed by atoms with E-state index in [2.05, 4.69) is 10.3 Å². The molecular weight excluding hydrogens is 299 g/mol. The molecule has 1 aliphatic rings. The van der Waals surface area contributed by atoms with Crippen molar-refractivity contribution in [1.82, 2.24) is 9.88 Å². The SMILES string of the molecule is CC(Nc1nc(N)c(Cl)cc1Cl)C(=O)N1CCCCC1. The van der Waals surface area contributed by atoms with Crippen molar-refractivity contribution in [2.75, 3.05) is 24.1 Å². The van der Waals surface area contributed by atoms with Crippen molar-refractivity contribution in [3.63, 3.8) is 0 Å². The molecule has 0 radical (unpaired) electrons. The summed E-state index contributed by atoms with van der Waals surface area (Å²) in [5.41, 5.74) is 5.65. The van der Waals surface area contributed by atoms with Crippen molar-refractivity contribution in [3.05, 3.63) is 16.1 Å².